The molecule has 4 aromatic heterocycles. The van der Waals surface area contributed by atoms with Crippen molar-refractivity contribution in [3.8, 4) is 51.0 Å². The number of rotatable bonds is 17. The molecule has 3 aliphatic rings. The molecule has 0 spiro atoms. The van der Waals surface area contributed by atoms with Gasteiger partial charge in [0.2, 0.25) is 17.6 Å². The van der Waals surface area contributed by atoms with Gasteiger partial charge < -0.3 is 48.2 Å². The van der Waals surface area contributed by atoms with Gasteiger partial charge in [0.05, 0.1) is 71.2 Å². The van der Waals surface area contributed by atoms with Crippen LogP contribution in [0, 0.1) is 26.6 Å². The van der Waals surface area contributed by atoms with E-state index in [0.29, 0.717) is 108 Å². The number of carbonyl (C=O) groups is 3. The molecule has 22 heteroatoms. The van der Waals surface area contributed by atoms with Crippen LogP contribution in [0.25, 0.3) is 33.4 Å². The van der Waals surface area contributed by atoms with E-state index in [1.54, 1.807) is 55.0 Å². The zero-order chi connectivity index (χ0) is 61.5. The number of benzene rings is 3. The van der Waals surface area contributed by atoms with Gasteiger partial charge in [-0.2, -0.15) is 13.2 Å². The highest BCUT2D eigenvalue weighted by Crippen LogP contribution is 2.38. The van der Waals surface area contributed by atoms with E-state index in [-0.39, 0.29) is 31.5 Å². The molecule has 470 valence electrons. The van der Waals surface area contributed by atoms with Crippen molar-refractivity contribution in [2.75, 3.05) is 113 Å². The average Bonchev–Trinajstić information content (AvgIpc) is 3.41. The minimum atomic E-state index is -4.73. The number of carboxylic acid groups (broad SMARTS) is 1. The molecule has 0 radical (unpaired) electrons. The smallest absolute Gasteiger partial charge is 0.433 e. The first-order chi connectivity index (χ1) is 41.4. The normalized spacial score (nSPS) is 14.0. The fraction of sp³-hybridized carbons (Fsp3) is 0.379. The predicted octanol–water partition coefficient (Wildman–Crippen LogP) is 13.2. The van der Waals surface area contributed by atoms with E-state index in [1.165, 1.54) is 0 Å². The molecule has 17 nitrogen and oxygen atoms in total. The van der Waals surface area contributed by atoms with Crippen LogP contribution in [0.5, 0.6) is 17.6 Å². The second-order valence-electron chi connectivity index (χ2n) is 20.2. The van der Waals surface area contributed by atoms with E-state index in [2.05, 4.69) is 40.7 Å². The summed E-state index contributed by atoms with van der Waals surface area (Å²) in [5, 5.41) is 8.80. The topological polar surface area (TPSA) is 188 Å². The summed E-state index contributed by atoms with van der Waals surface area (Å²) in [5.74, 6) is -0.692. The monoisotopic (exact) mass is 1240 g/mol. The quantitative estimate of drug-likeness (QED) is 0.0514. The third-order valence-electron chi connectivity index (χ3n) is 14.4. The van der Waals surface area contributed by atoms with Crippen LogP contribution in [0.4, 0.5) is 34.6 Å². The Morgan fingerprint density at radius 3 is 1.24 bits per heavy atom. The molecule has 3 aliphatic heterocycles. The van der Waals surface area contributed by atoms with E-state index in [4.69, 9.17) is 40.0 Å². The lowest BCUT2D eigenvalue weighted by Crippen LogP contribution is -2.36. The van der Waals surface area contributed by atoms with Gasteiger partial charge in [-0.3, -0.25) is 9.59 Å². The highest BCUT2D eigenvalue weighted by atomic mass is 35.5. The Morgan fingerprint density at radius 2 is 0.886 bits per heavy atom. The van der Waals surface area contributed by atoms with Crippen molar-refractivity contribution in [3.63, 3.8) is 0 Å². The molecule has 0 atom stereocenters. The number of aromatic nitrogens is 4. The number of halogens is 5. The maximum Gasteiger partial charge on any atom is 0.433 e. The number of ether oxygens (including phenoxy) is 6. The Kier molecular flexibility index (Phi) is 25.1. The van der Waals surface area contributed by atoms with E-state index in [9.17, 15) is 37.1 Å². The molecular weight excluding hydrogens is 1160 g/mol. The summed E-state index contributed by atoms with van der Waals surface area (Å²) in [6.45, 7) is 21.5. The van der Waals surface area contributed by atoms with Crippen molar-refractivity contribution in [2.24, 2.45) is 0 Å². The van der Waals surface area contributed by atoms with Crippen molar-refractivity contribution in [3.05, 3.63) is 154 Å². The number of alkyl halides is 3. The first-order valence-corrected chi connectivity index (χ1v) is 28.6. The number of ketones is 1. The van der Waals surface area contributed by atoms with Crippen LogP contribution < -0.4 is 28.9 Å². The van der Waals surface area contributed by atoms with Crippen LogP contribution >= 0.6 is 11.6 Å². The maximum atomic E-state index is 14.1. The summed E-state index contributed by atoms with van der Waals surface area (Å²) in [6.07, 6.45) is 0.402. The van der Waals surface area contributed by atoms with Crippen LogP contribution in [0.1, 0.15) is 94.6 Å². The Balaban J connectivity index is 0.000000214. The highest BCUT2D eigenvalue weighted by Gasteiger charge is 2.33. The van der Waals surface area contributed by atoms with Crippen LogP contribution in [-0.4, -0.2) is 141 Å². The van der Waals surface area contributed by atoms with Crippen LogP contribution in [-0.2, 0) is 26.8 Å². The Bertz CT molecular complexity index is 3390. The number of nitrogens with zero attached hydrogens (tertiary/aromatic N) is 7. The number of anilines is 3. The van der Waals surface area contributed by atoms with Crippen molar-refractivity contribution < 1.29 is 65.5 Å². The van der Waals surface area contributed by atoms with Gasteiger partial charge in [0.25, 0.3) is 5.24 Å². The number of aromatic carboxylic acids is 1. The summed E-state index contributed by atoms with van der Waals surface area (Å²) in [5.41, 5.74) is 10.1. The van der Waals surface area contributed by atoms with E-state index in [1.807, 2.05) is 71.9 Å². The number of hydrogen-bond donors (Lipinski definition) is 1. The summed E-state index contributed by atoms with van der Waals surface area (Å²) in [6, 6.07) is 22.2. The zero-order valence-corrected chi connectivity index (χ0v) is 49.5. The first-order valence-electron chi connectivity index (χ1n) is 28.2. The molecule has 88 heavy (non-hydrogen) atoms. The van der Waals surface area contributed by atoms with Crippen molar-refractivity contribution in [1.29, 1.82) is 0 Å². The second kappa shape index (κ2) is 32.1. The van der Waals surface area contributed by atoms with Crippen LogP contribution in [0.15, 0.2) is 104 Å². The van der Waals surface area contributed by atoms with E-state index in [0.717, 1.165) is 93.3 Å². The van der Waals surface area contributed by atoms with E-state index >= 15 is 0 Å². The third kappa shape index (κ3) is 17.5. The SMILES string of the molecule is C.C.CCOc1ncc(-c2cc(C(=O)Cc3cc(C(F)(F)F)ncc3F)ccc2C)cc1N1CCOCC1.CCOc1ncc(-c2cc(C(=O)Cl)ccc2C)cc1N1CCOCC1.CCOc1ncc(-c2cc(C(=O)O)ccc2C)cc1N1CCOCC1. The third-order valence-corrected chi connectivity index (χ3v) is 14.6. The molecule has 10 rings (SSSR count). The summed E-state index contributed by atoms with van der Waals surface area (Å²) in [7, 11) is 0. The maximum absolute atomic E-state index is 14.1. The molecular formula is C66H76ClF4N7O10. The van der Waals surface area contributed by atoms with Gasteiger partial charge in [0, 0.05) is 92.1 Å². The van der Waals surface area contributed by atoms with Gasteiger partial charge in [-0.1, -0.05) is 39.1 Å². The summed E-state index contributed by atoms with van der Waals surface area (Å²) < 4.78 is 86.6. The lowest BCUT2D eigenvalue weighted by atomic mass is 9.95. The lowest BCUT2D eigenvalue weighted by Gasteiger charge is -2.30. The molecule has 0 unspecified atom stereocenters. The van der Waals surface area contributed by atoms with Crippen LogP contribution in [0.2, 0.25) is 0 Å². The molecule has 1 N–H and O–H groups in total. The number of morpholine rings is 3. The Labute approximate surface area is 516 Å². The Morgan fingerprint density at radius 1 is 0.534 bits per heavy atom. The number of Topliss-reactive ketones (excluding diaryl/α,β-unsaturated/α-hetero) is 1. The lowest BCUT2D eigenvalue weighted by molar-refractivity contribution is -0.141. The number of aryl methyl sites for hydroxylation is 3. The van der Waals surface area contributed by atoms with Gasteiger partial charge in [-0.05, 0) is 147 Å². The number of carbonyl (C=O) groups excluding carboxylic acids is 2. The first kappa shape index (κ1) is 68.9. The minimum Gasteiger partial charge on any atom is -0.478 e. The van der Waals surface area contributed by atoms with Gasteiger partial charge in [0.15, 0.2) is 5.78 Å². The number of hydrogen-bond acceptors (Lipinski definition) is 16. The van der Waals surface area contributed by atoms with E-state index < -0.39 is 41.1 Å². The molecule has 0 saturated carbocycles. The number of carboxylic acids is 1. The summed E-state index contributed by atoms with van der Waals surface area (Å²) in [4.78, 5) is 58.9. The molecule has 0 amide bonds. The molecule has 0 aliphatic carbocycles. The molecule has 3 fully saturated rings. The standard InChI is InChI=1S/C26H25F4N3O3.C19H21ClN2O3.C19H22N2O4.2CH4/c1-3-36-25-22(33-6-8-35-9-7-33)11-19(14-32-25)20-10-17(5-4-16(20)2)23(34)12-18-13-24(26(28,29)30)31-15-21(18)27;1-3-25-19-17(22-6-8-24-9-7-22)11-15(12-21-19)16-10-14(18(20)23)5-4-13(16)2;1-3-25-18-17(21-6-8-24-9-7-21)11-15(12-20-18)16-10-14(19(22)23)5-4-13(16)2;;/h4-5,10-11,13-15H,3,6-9,12H2,1-2H3;4-5,10-12H,3,6-9H2,1-2H3;4-5,10-12H,3,6-9H2,1-2H3,(H,22,23);2*1H4. The molecule has 7 heterocycles. The van der Waals surface area contributed by atoms with Gasteiger partial charge >= 0.3 is 12.1 Å². The van der Waals surface area contributed by atoms with Crippen LogP contribution in [0.3, 0.4) is 0 Å². The fourth-order valence-corrected chi connectivity index (χ4v) is 9.99. The predicted molar refractivity (Wildman–Crippen MR) is 334 cm³/mol. The molecule has 7 aromatic rings. The molecule has 3 saturated heterocycles. The van der Waals surface area contributed by atoms with Crippen molar-refractivity contribution >= 4 is 45.7 Å². The number of pyridine rings is 4. The average molecular weight is 1240 g/mol. The van der Waals surface area contributed by atoms with Crippen molar-refractivity contribution in [1.82, 2.24) is 19.9 Å². The van der Waals surface area contributed by atoms with Gasteiger partial charge in [-0.25, -0.2) is 29.1 Å². The highest BCUT2D eigenvalue weighted by molar-refractivity contribution is 6.67. The van der Waals surface area contributed by atoms with Gasteiger partial charge in [-0.15, -0.1) is 0 Å². The van der Waals surface area contributed by atoms with Crippen molar-refractivity contribution in [2.45, 2.75) is 69.0 Å². The molecule has 3 aromatic carbocycles. The zero-order valence-electron chi connectivity index (χ0n) is 48.8. The molecule has 0 bridgehead atoms. The minimum absolute atomic E-state index is 0. The fourth-order valence-electron chi connectivity index (χ4n) is 9.87. The Hall–Kier alpha value is -8.24. The largest absolute Gasteiger partial charge is 0.478 e. The second-order valence-corrected chi connectivity index (χ2v) is 20.5. The summed E-state index contributed by atoms with van der Waals surface area (Å²) >= 11 is 5.64. The van der Waals surface area contributed by atoms with Gasteiger partial charge in [0.1, 0.15) is 28.6 Å².